The van der Waals surface area contributed by atoms with Crippen LogP contribution in [0.1, 0.15) is 30.7 Å². The Bertz CT molecular complexity index is 293. The fraction of sp³-hybridized carbons (Fsp3) is 0.571. The minimum absolute atomic E-state index is 0.657. The van der Waals surface area contributed by atoms with E-state index in [4.69, 9.17) is 4.74 Å². The first-order chi connectivity index (χ1) is 7.90. The number of alkyl halides is 1. The first-order valence-electron chi connectivity index (χ1n) is 6.09. The van der Waals surface area contributed by atoms with Gasteiger partial charge in [0.05, 0.1) is 0 Å². The molecule has 1 atom stereocenters. The molecule has 1 aliphatic rings. The minimum atomic E-state index is 0.657. The van der Waals surface area contributed by atoms with Gasteiger partial charge in [-0.3, -0.25) is 0 Å². The molecule has 2 heteroatoms. The second-order valence-corrected chi connectivity index (χ2v) is 5.20. The van der Waals surface area contributed by atoms with Gasteiger partial charge in [0.25, 0.3) is 0 Å². The lowest BCUT2D eigenvalue weighted by atomic mass is 9.86. The van der Waals surface area contributed by atoms with Crippen molar-refractivity contribution in [2.24, 2.45) is 5.92 Å². The summed E-state index contributed by atoms with van der Waals surface area (Å²) >= 11 is 3.65. The van der Waals surface area contributed by atoms with Crippen molar-refractivity contribution < 1.29 is 4.74 Å². The topological polar surface area (TPSA) is 9.23 Å². The van der Waals surface area contributed by atoms with Crippen LogP contribution in [0.25, 0.3) is 0 Å². The van der Waals surface area contributed by atoms with E-state index in [2.05, 4.69) is 46.3 Å². The maximum absolute atomic E-state index is 5.41. The Morgan fingerprint density at radius 3 is 2.50 bits per heavy atom. The zero-order valence-corrected chi connectivity index (χ0v) is 11.2. The van der Waals surface area contributed by atoms with Gasteiger partial charge in [0.2, 0.25) is 0 Å². The largest absolute Gasteiger partial charge is 0.381 e. The molecule has 0 amide bonds. The van der Waals surface area contributed by atoms with E-state index >= 15 is 0 Å². The van der Waals surface area contributed by atoms with E-state index in [0.29, 0.717) is 5.92 Å². The standard InChI is InChI=1S/C14H19BrO/c15-11-14(13-4-2-1-3-5-13)10-12-6-8-16-9-7-12/h1-5,12,14H,6-11H2. The summed E-state index contributed by atoms with van der Waals surface area (Å²) in [4.78, 5) is 0. The third kappa shape index (κ3) is 3.33. The van der Waals surface area contributed by atoms with Gasteiger partial charge in [0.1, 0.15) is 0 Å². The molecule has 1 aromatic carbocycles. The molecule has 2 rings (SSSR count). The summed E-state index contributed by atoms with van der Waals surface area (Å²) in [5, 5.41) is 1.06. The van der Waals surface area contributed by atoms with Crippen LogP contribution >= 0.6 is 15.9 Å². The van der Waals surface area contributed by atoms with E-state index in [-0.39, 0.29) is 0 Å². The molecule has 1 saturated heterocycles. The Morgan fingerprint density at radius 2 is 1.88 bits per heavy atom. The smallest absolute Gasteiger partial charge is 0.0468 e. The first-order valence-corrected chi connectivity index (χ1v) is 7.21. The lowest BCUT2D eigenvalue weighted by Gasteiger charge is -2.26. The molecule has 1 fully saturated rings. The second kappa shape index (κ2) is 6.41. The number of halogens is 1. The first kappa shape index (κ1) is 12.1. The van der Waals surface area contributed by atoms with Crippen molar-refractivity contribution in [1.82, 2.24) is 0 Å². The third-order valence-corrected chi connectivity index (χ3v) is 4.20. The summed E-state index contributed by atoms with van der Waals surface area (Å²) in [6, 6.07) is 10.8. The van der Waals surface area contributed by atoms with Crippen LogP contribution in [0.4, 0.5) is 0 Å². The predicted molar refractivity (Wildman–Crippen MR) is 71.1 cm³/mol. The number of benzene rings is 1. The molecular weight excluding hydrogens is 264 g/mol. The molecule has 0 bridgehead atoms. The Morgan fingerprint density at radius 1 is 1.19 bits per heavy atom. The van der Waals surface area contributed by atoms with Crippen LogP contribution in [0.2, 0.25) is 0 Å². The van der Waals surface area contributed by atoms with Crippen LogP contribution in [0.3, 0.4) is 0 Å². The molecule has 0 spiro atoms. The average molecular weight is 283 g/mol. The van der Waals surface area contributed by atoms with Gasteiger partial charge in [0.15, 0.2) is 0 Å². The van der Waals surface area contributed by atoms with Gasteiger partial charge in [-0.1, -0.05) is 46.3 Å². The summed E-state index contributed by atoms with van der Waals surface area (Å²) in [6.07, 6.45) is 3.76. The van der Waals surface area contributed by atoms with Gasteiger partial charge in [-0.15, -0.1) is 0 Å². The molecule has 1 heterocycles. The highest BCUT2D eigenvalue weighted by Crippen LogP contribution is 2.30. The molecule has 1 nitrogen and oxygen atoms in total. The van der Waals surface area contributed by atoms with Crippen molar-refractivity contribution in [3.63, 3.8) is 0 Å². The van der Waals surface area contributed by atoms with Gasteiger partial charge in [-0.05, 0) is 36.7 Å². The molecular formula is C14H19BrO. The summed E-state index contributed by atoms with van der Waals surface area (Å²) in [5.74, 6) is 1.50. The van der Waals surface area contributed by atoms with Gasteiger partial charge in [0, 0.05) is 18.5 Å². The summed E-state index contributed by atoms with van der Waals surface area (Å²) in [5.41, 5.74) is 1.46. The number of ether oxygens (including phenoxy) is 1. The molecule has 0 saturated carbocycles. The van der Waals surface area contributed by atoms with Gasteiger partial charge < -0.3 is 4.74 Å². The van der Waals surface area contributed by atoms with E-state index < -0.39 is 0 Å². The Kier molecular flexibility index (Phi) is 4.86. The van der Waals surface area contributed by atoms with Crippen molar-refractivity contribution in [1.29, 1.82) is 0 Å². The van der Waals surface area contributed by atoms with Gasteiger partial charge >= 0.3 is 0 Å². The quantitative estimate of drug-likeness (QED) is 0.759. The minimum Gasteiger partial charge on any atom is -0.381 e. The van der Waals surface area contributed by atoms with E-state index in [1.807, 2.05) is 0 Å². The van der Waals surface area contributed by atoms with Crippen LogP contribution in [-0.4, -0.2) is 18.5 Å². The highest BCUT2D eigenvalue weighted by molar-refractivity contribution is 9.09. The van der Waals surface area contributed by atoms with E-state index in [1.165, 1.54) is 24.8 Å². The lowest BCUT2D eigenvalue weighted by molar-refractivity contribution is 0.0623. The summed E-state index contributed by atoms with van der Waals surface area (Å²) < 4.78 is 5.41. The SMILES string of the molecule is BrCC(CC1CCOCC1)c1ccccc1. The summed E-state index contributed by atoms with van der Waals surface area (Å²) in [7, 11) is 0. The van der Waals surface area contributed by atoms with Gasteiger partial charge in [-0.25, -0.2) is 0 Å². The molecule has 0 radical (unpaired) electrons. The monoisotopic (exact) mass is 282 g/mol. The molecule has 0 aliphatic carbocycles. The zero-order chi connectivity index (χ0) is 11.2. The van der Waals surface area contributed by atoms with Crippen molar-refractivity contribution in [2.45, 2.75) is 25.2 Å². The van der Waals surface area contributed by atoms with Crippen LogP contribution in [0.5, 0.6) is 0 Å². The summed E-state index contributed by atoms with van der Waals surface area (Å²) in [6.45, 7) is 1.91. The fourth-order valence-electron chi connectivity index (χ4n) is 2.40. The van der Waals surface area contributed by atoms with E-state index in [9.17, 15) is 0 Å². The van der Waals surface area contributed by atoms with Crippen LogP contribution in [-0.2, 0) is 4.74 Å². The highest BCUT2D eigenvalue weighted by atomic mass is 79.9. The molecule has 88 valence electrons. The number of rotatable bonds is 4. The zero-order valence-electron chi connectivity index (χ0n) is 9.57. The normalized spacial score (nSPS) is 19.6. The van der Waals surface area contributed by atoms with Crippen LogP contribution in [0.15, 0.2) is 30.3 Å². The lowest BCUT2D eigenvalue weighted by Crippen LogP contribution is -2.18. The van der Waals surface area contributed by atoms with E-state index in [1.54, 1.807) is 0 Å². The third-order valence-electron chi connectivity index (χ3n) is 3.42. The Hall–Kier alpha value is -0.340. The Balaban J connectivity index is 1.94. The number of hydrogen-bond donors (Lipinski definition) is 0. The maximum atomic E-state index is 5.41. The second-order valence-electron chi connectivity index (χ2n) is 4.55. The van der Waals surface area contributed by atoms with Crippen LogP contribution in [0, 0.1) is 5.92 Å². The molecule has 0 aromatic heterocycles. The van der Waals surface area contributed by atoms with Crippen molar-refractivity contribution in [3.05, 3.63) is 35.9 Å². The maximum Gasteiger partial charge on any atom is 0.0468 e. The molecule has 1 aliphatic heterocycles. The van der Waals surface area contributed by atoms with Crippen molar-refractivity contribution in [2.75, 3.05) is 18.5 Å². The molecule has 1 aromatic rings. The van der Waals surface area contributed by atoms with Crippen LogP contribution < -0.4 is 0 Å². The van der Waals surface area contributed by atoms with Gasteiger partial charge in [-0.2, -0.15) is 0 Å². The predicted octanol–water partition coefficient (Wildman–Crippen LogP) is 3.98. The molecule has 0 N–H and O–H groups in total. The molecule has 16 heavy (non-hydrogen) atoms. The van der Waals surface area contributed by atoms with Crippen molar-refractivity contribution in [3.8, 4) is 0 Å². The highest BCUT2D eigenvalue weighted by Gasteiger charge is 2.19. The van der Waals surface area contributed by atoms with E-state index in [0.717, 1.165) is 24.5 Å². The average Bonchev–Trinajstić information content (AvgIpc) is 2.38. The number of hydrogen-bond acceptors (Lipinski definition) is 1. The fourth-order valence-corrected chi connectivity index (χ4v) is 3.04. The Labute approximate surface area is 106 Å². The van der Waals surface area contributed by atoms with Crippen molar-refractivity contribution >= 4 is 15.9 Å². The molecule has 1 unspecified atom stereocenters.